The lowest BCUT2D eigenvalue weighted by Crippen LogP contribution is -2.29. The molecule has 0 aromatic heterocycles. The molecule has 6 nitrogen and oxygen atoms in total. The number of nitro benzene ring substituents is 1. The van der Waals surface area contributed by atoms with E-state index >= 15 is 0 Å². The van der Waals surface area contributed by atoms with Crippen LogP contribution in [0, 0.1) is 17.0 Å². The van der Waals surface area contributed by atoms with Crippen molar-refractivity contribution in [1.82, 2.24) is 0 Å². The first-order valence-corrected chi connectivity index (χ1v) is 8.80. The first kappa shape index (κ1) is 17.9. The number of aliphatic imine (C=N–C) groups is 1. The number of nitro groups is 1. The molecule has 6 heteroatoms. The molecule has 0 aliphatic carbocycles. The molecular weight excluding hydrogens is 330 g/mol. The van der Waals surface area contributed by atoms with E-state index < -0.39 is 4.92 Å². The predicted octanol–water partition coefficient (Wildman–Crippen LogP) is 4.65. The van der Waals surface area contributed by atoms with Crippen LogP contribution in [0.3, 0.4) is 0 Å². The minimum Gasteiger partial charge on any atom is -0.496 e. The number of piperidine rings is 1. The average Bonchev–Trinajstić information content (AvgIpc) is 2.67. The lowest BCUT2D eigenvalue weighted by Gasteiger charge is -2.29. The first-order valence-electron chi connectivity index (χ1n) is 8.80. The highest BCUT2D eigenvalue weighted by molar-refractivity contribution is 5.87. The summed E-state index contributed by atoms with van der Waals surface area (Å²) >= 11 is 0. The van der Waals surface area contributed by atoms with Crippen molar-refractivity contribution in [2.45, 2.75) is 26.2 Å². The third kappa shape index (κ3) is 4.02. The van der Waals surface area contributed by atoms with Crippen molar-refractivity contribution >= 4 is 23.3 Å². The van der Waals surface area contributed by atoms with Crippen LogP contribution in [0.25, 0.3) is 0 Å². The summed E-state index contributed by atoms with van der Waals surface area (Å²) in [4.78, 5) is 17.3. The van der Waals surface area contributed by atoms with Crippen LogP contribution in [0.5, 0.6) is 5.75 Å². The van der Waals surface area contributed by atoms with Gasteiger partial charge in [0.25, 0.3) is 5.69 Å². The minimum atomic E-state index is -0.400. The van der Waals surface area contributed by atoms with Crippen LogP contribution in [-0.4, -0.2) is 31.3 Å². The van der Waals surface area contributed by atoms with E-state index in [1.165, 1.54) is 37.1 Å². The Morgan fingerprint density at radius 2 is 1.92 bits per heavy atom. The topological polar surface area (TPSA) is 68.0 Å². The number of non-ortho nitro benzene ring substituents is 1. The van der Waals surface area contributed by atoms with Crippen LogP contribution in [0.4, 0.5) is 17.1 Å². The van der Waals surface area contributed by atoms with Gasteiger partial charge in [0.2, 0.25) is 0 Å². The van der Waals surface area contributed by atoms with Crippen LogP contribution in [0.2, 0.25) is 0 Å². The number of rotatable bonds is 5. The van der Waals surface area contributed by atoms with Crippen LogP contribution < -0.4 is 9.64 Å². The minimum absolute atomic E-state index is 0.0740. The van der Waals surface area contributed by atoms with Crippen LogP contribution >= 0.6 is 0 Å². The zero-order valence-electron chi connectivity index (χ0n) is 15.1. The number of hydrogen-bond acceptors (Lipinski definition) is 5. The molecule has 3 rings (SSSR count). The van der Waals surface area contributed by atoms with Gasteiger partial charge in [0, 0.05) is 48.8 Å². The van der Waals surface area contributed by atoms with Gasteiger partial charge < -0.3 is 9.64 Å². The third-order valence-electron chi connectivity index (χ3n) is 4.67. The van der Waals surface area contributed by atoms with E-state index in [-0.39, 0.29) is 5.69 Å². The number of benzene rings is 2. The summed E-state index contributed by atoms with van der Waals surface area (Å²) in [6, 6.07) is 10.8. The van der Waals surface area contributed by atoms with E-state index in [4.69, 9.17) is 4.74 Å². The maximum absolute atomic E-state index is 10.8. The van der Waals surface area contributed by atoms with Gasteiger partial charge in [-0.3, -0.25) is 15.1 Å². The molecule has 0 amide bonds. The second kappa shape index (κ2) is 7.99. The molecule has 1 aliphatic heterocycles. The van der Waals surface area contributed by atoms with Gasteiger partial charge in [-0.1, -0.05) is 0 Å². The highest BCUT2D eigenvalue weighted by atomic mass is 16.6. The summed E-state index contributed by atoms with van der Waals surface area (Å²) in [5, 5.41) is 10.8. The molecule has 0 saturated carbocycles. The maximum Gasteiger partial charge on any atom is 0.269 e. The van der Waals surface area contributed by atoms with E-state index in [0.717, 1.165) is 30.0 Å². The van der Waals surface area contributed by atoms with Crippen molar-refractivity contribution in [2.24, 2.45) is 4.99 Å². The maximum atomic E-state index is 10.8. The van der Waals surface area contributed by atoms with Crippen molar-refractivity contribution in [3.8, 4) is 5.75 Å². The number of hydrogen-bond donors (Lipinski definition) is 0. The largest absolute Gasteiger partial charge is 0.496 e. The van der Waals surface area contributed by atoms with Gasteiger partial charge in [-0.25, -0.2) is 0 Å². The lowest BCUT2D eigenvalue weighted by atomic mass is 10.1. The molecule has 2 aromatic rings. The molecule has 0 bridgehead atoms. The zero-order chi connectivity index (χ0) is 18.5. The van der Waals surface area contributed by atoms with Gasteiger partial charge in [0.05, 0.1) is 17.7 Å². The smallest absolute Gasteiger partial charge is 0.269 e. The number of nitrogens with zero attached hydrogens (tertiary/aromatic N) is 3. The number of methoxy groups -OCH3 is 1. The monoisotopic (exact) mass is 353 g/mol. The molecular formula is C20H23N3O3. The zero-order valence-corrected chi connectivity index (χ0v) is 15.1. The highest BCUT2D eigenvalue weighted by Crippen LogP contribution is 2.28. The molecule has 26 heavy (non-hydrogen) atoms. The standard InChI is InChI=1S/C20H23N3O3/c1-15-12-18(23(24)25)8-9-19(15)21-14-16-6-7-17(13-20(16)26-2)22-10-4-3-5-11-22/h6-9,12-14H,3-5,10-11H2,1-2H3. The fourth-order valence-electron chi connectivity index (χ4n) is 3.19. The average molecular weight is 353 g/mol. The van der Waals surface area contributed by atoms with E-state index in [1.54, 1.807) is 19.4 Å². The molecule has 0 radical (unpaired) electrons. The Labute approximate surface area is 153 Å². The van der Waals surface area contributed by atoms with Gasteiger partial charge in [-0.2, -0.15) is 0 Å². The fourth-order valence-corrected chi connectivity index (χ4v) is 3.19. The molecule has 1 aliphatic rings. The van der Waals surface area contributed by atoms with Crippen molar-refractivity contribution in [3.05, 3.63) is 57.6 Å². The Balaban J connectivity index is 1.82. The van der Waals surface area contributed by atoms with E-state index in [0.29, 0.717) is 5.69 Å². The molecule has 0 unspecified atom stereocenters. The predicted molar refractivity (Wildman–Crippen MR) is 104 cm³/mol. The Hall–Kier alpha value is -2.89. The molecule has 0 spiro atoms. The SMILES string of the molecule is COc1cc(N2CCCCC2)ccc1C=Nc1ccc([N+](=O)[O-])cc1C. The van der Waals surface area contributed by atoms with E-state index in [1.807, 2.05) is 13.0 Å². The number of aryl methyl sites for hydroxylation is 1. The molecule has 0 atom stereocenters. The van der Waals surface area contributed by atoms with Crippen molar-refractivity contribution in [3.63, 3.8) is 0 Å². The van der Waals surface area contributed by atoms with Crippen molar-refractivity contribution < 1.29 is 9.66 Å². The van der Waals surface area contributed by atoms with E-state index in [2.05, 4.69) is 22.0 Å². The fraction of sp³-hybridized carbons (Fsp3) is 0.350. The molecule has 1 fully saturated rings. The lowest BCUT2D eigenvalue weighted by molar-refractivity contribution is -0.384. The Bertz CT molecular complexity index is 827. The summed E-state index contributed by atoms with van der Waals surface area (Å²) in [6.45, 7) is 3.98. The van der Waals surface area contributed by atoms with Gasteiger partial charge in [-0.05, 0) is 49.9 Å². The summed E-state index contributed by atoms with van der Waals surface area (Å²) in [6.07, 6.45) is 5.50. The summed E-state index contributed by atoms with van der Waals surface area (Å²) in [7, 11) is 1.66. The number of ether oxygens (including phenoxy) is 1. The third-order valence-corrected chi connectivity index (χ3v) is 4.67. The van der Waals surface area contributed by atoms with Gasteiger partial charge in [0.1, 0.15) is 5.75 Å². The Morgan fingerprint density at radius 1 is 1.15 bits per heavy atom. The van der Waals surface area contributed by atoms with Crippen LogP contribution in [0.1, 0.15) is 30.4 Å². The molecule has 0 N–H and O–H groups in total. The first-order chi connectivity index (χ1) is 12.6. The summed E-state index contributed by atoms with van der Waals surface area (Å²) in [5.74, 6) is 0.774. The Morgan fingerprint density at radius 3 is 2.58 bits per heavy atom. The van der Waals surface area contributed by atoms with Gasteiger partial charge in [0.15, 0.2) is 0 Å². The second-order valence-corrected chi connectivity index (χ2v) is 6.46. The van der Waals surface area contributed by atoms with Gasteiger partial charge in [-0.15, -0.1) is 0 Å². The van der Waals surface area contributed by atoms with E-state index in [9.17, 15) is 10.1 Å². The molecule has 2 aromatic carbocycles. The normalized spacial score (nSPS) is 14.6. The highest BCUT2D eigenvalue weighted by Gasteiger charge is 2.13. The van der Waals surface area contributed by atoms with Crippen LogP contribution in [-0.2, 0) is 0 Å². The summed E-state index contributed by atoms with van der Waals surface area (Å²) in [5.41, 5.74) is 3.60. The quantitative estimate of drug-likeness (QED) is 0.446. The Kier molecular flexibility index (Phi) is 5.51. The van der Waals surface area contributed by atoms with Crippen molar-refractivity contribution in [1.29, 1.82) is 0 Å². The molecule has 1 heterocycles. The molecule has 1 saturated heterocycles. The van der Waals surface area contributed by atoms with Crippen LogP contribution in [0.15, 0.2) is 41.4 Å². The summed E-state index contributed by atoms with van der Waals surface area (Å²) < 4.78 is 5.54. The van der Waals surface area contributed by atoms with Gasteiger partial charge >= 0.3 is 0 Å². The van der Waals surface area contributed by atoms with Crippen molar-refractivity contribution in [2.75, 3.05) is 25.1 Å². The second-order valence-electron chi connectivity index (χ2n) is 6.46. The molecule has 136 valence electrons. The number of anilines is 1.